The van der Waals surface area contributed by atoms with E-state index in [4.69, 9.17) is 0 Å². The minimum Gasteiger partial charge on any atom is -0.508 e. The third-order valence-corrected chi connectivity index (χ3v) is 5.43. The summed E-state index contributed by atoms with van der Waals surface area (Å²) in [6, 6.07) is 23.9. The predicted octanol–water partition coefficient (Wildman–Crippen LogP) is 5.24. The Balaban J connectivity index is 1.51. The van der Waals surface area contributed by atoms with Crippen molar-refractivity contribution in [3.63, 3.8) is 0 Å². The quantitative estimate of drug-likeness (QED) is 0.274. The normalized spacial score (nSPS) is 11.7. The lowest BCUT2D eigenvalue weighted by molar-refractivity contribution is 0.0956. The molecule has 0 saturated carbocycles. The highest BCUT2D eigenvalue weighted by atomic mass is 16.3. The van der Waals surface area contributed by atoms with Crippen molar-refractivity contribution in [1.82, 2.24) is 15.4 Å². The predicted molar refractivity (Wildman–Crippen MR) is 127 cm³/mol. The molecule has 0 aliphatic heterocycles. The number of H-pyrrole nitrogens is 1. The Morgan fingerprint density at radius 2 is 1.66 bits per heavy atom. The summed E-state index contributed by atoms with van der Waals surface area (Å²) < 4.78 is 0. The molecule has 6 heteroatoms. The number of carbonyl (C=O) groups excluding carboxylic acids is 1. The summed E-state index contributed by atoms with van der Waals surface area (Å²) in [6.07, 6.45) is 1.89. The van der Waals surface area contributed by atoms with Crippen LogP contribution in [0.2, 0.25) is 0 Å². The van der Waals surface area contributed by atoms with E-state index in [9.17, 15) is 9.90 Å². The van der Waals surface area contributed by atoms with Crippen molar-refractivity contribution >= 4 is 33.4 Å². The van der Waals surface area contributed by atoms with Crippen LogP contribution in [0.15, 0.2) is 90.2 Å². The number of aromatic nitrogens is 2. The van der Waals surface area contributed by atoms with E-state index in [0.29, 0.717) is 22.5 Å². The van der Waals surface area contributed by atoms with Gasteiger partial charge < -0.3 is 10.1 Å². The fourth-order valence-corrected chi connectivity index (χ4v) is 3.77. The molecule has 5 rings (SSSR count). The molecule has 3 aromatic carbocycles. The topological polar surface area (TPSA) is 90.4 Å². The first-order valence-electron chi connectivity index (χ1n) is 10.2. The number of benzene rings is 3. The van der Waals surface area contributed by atoms with Crippen LogP contribution in [0.5, 0.6) is 5.75 Å². The summed E-state index contributed by atoms with van der Waals surface area (Å²) in [6.45, 7) is 1.86. The van der Waals surface area contributed by atoms with Crippen LogP contribution in [0.3, 0.4) is 0 Å². The second-order valence-electron chi connectivity index (χ2n) is 7.51. The first-order chi connectivity index (χ1) is 15.6. The van der Waals surface area contributed by atoms with Crippen LogP contribution >= 0.6 is 0 Å². The number of aromatic hydroxyl groups is 1. The number of aromatic amines is 1. The van der Waals surface area contributed by atoms with Crippen molar-refractivity contribution in [3.05, 3.63) is 96.2 Å². The first kappa shape index (κ1) is 19.5. The van der Waals surface area contributed by atoms with Gasteiger partial charge in [0, 0.05) is 33.6 Å². The van der Waals surface area contributed by atoms with Gasteiger partial charge in [0.2, 0.25) is 0 Å². The number of pyridine rings is 1. The van der Waals surface area contributed by atoms with Crippen LogP contribution in [-0.2, 0) is 0 Å². The molecule has 3 N–H and O–H groups in total. The second-order valence-corrected chi connectivity index (χ2v) is 7.51. The molecule has 0 unspecified atom stereocenters. The van der Waals surface area contributed by atoms with Crippen molar-refractivity contribution < 1.29 is 9.90 Å². The Bertz CT molecular complexity index is 1480. The highest BCUT2D eigenvalue weighted by Crippen LogP contribution is 2.26. The van der Waals surface area contributed by atoms with Crippen LogP contribution in [-0.4, -0.2) is 26.7 Å². The average Bonchev–Trinajstić information content (AvgIpc) is 3.26. The smallest absolute Gasteiger partial charge is 0.272 e. The Kier molecular flexibility index (Phi) is 4.88. The lowest BCUT2D eigenvalue weighted by Gasteiger charge is -2.09. The molecule has 0 aliphatic rings. The Hall–Kier alpha value is -4.45. The molecule has 2 aromatic heterocycles. The van der Waals surface area contributed by atoms with E-state index in [2.05, 4.69) is 20.5 Å². The summed E-state index contributed by atoms with van der Waals surface area (Å²) >= 11 is 0. The monoisotopic (exact) mass is 420 g/mol. The molecule has 0 radical (unpaired) electrons. The van der Waals surface area contributed by atoms with Crippen molar-refractivity contribution in [3.8, 4) is 17.0 Å². The zero-order valence-corrected chi connectivity index (χ0v) is 17.3. The molecule has 156 valence electrons. The minimum atomic E-state index is -0.317. The number of phenolic OH excluding ortho intramolecular Hbond substituents is 1. The molecule has 2 heterocycles. The standard InChI is InChI=1S/C26H20N4O2/c1-16(22-15-27-23-8-4-2-7-20(22)23)29-30-26(32)21-14-25(17-10-12-18(31)13-11-17)28-24-9-5-3-6-19(21)24/h2-15,27,31H,1H3,(H,30,32)/b29-16-. The van der Waals surface area contributed by atoms with Crippen molar-refractivity contribution in [2.24, 2.45) is 5.10 Å². The van der Waals surface area contributed by atoms with Crippen LogP contribution in [0.1, 0.15) is 22.8 Å². The highest BCUT2D eigenvalue weighted by Gasteiger charge is 2.14. The Morgan fingerprint density at radius 1 is 0.938 bits per heavy atom. The third-order valence-electron chi connectivity index (χ3n) is 5.43. The molecular weight excluding hydrogens is 400 g/mol. The van der Waals surface area contributed by atoms with Crippen molar-refractivity contribution in [2.75, 3.05) is 0 Å². The average molecular weight is 420 g/mol. The molecule has 0 aliphatic carbocycles. The summed E-state index contributed by atoms with van der Waals surface area (Å²) in [5.74, 6) is -0.141. The fourth-order valence-electron chi connectivity index (χ4n) is 3.77. The molecule has 0 spiro atoms. The van der Waals surface area contributed by atoms with Crippen LogP contribution in [0, 0.1) is 0 Å². The number of para-hydroxylation sites is 2. The van der Waals surface area contributed by atoms with Crippen LogP contribution in [0.4, 0.5) is 0 Å². The lowest BCUT2D eigenvalue weighted by Crippen LogP contribution is -2.20. The van der Waals surface area contributed by atoms with Gasteiger partial charge in [-0.25, -0.2) is 10.4 Å². The number of rotatable bonds is 4. The van der Waals surface area contributed by atoms with E-state index in [1.54, 1.807) is 30.3 Å². The van der Waals surface area contributed by atoms with Gasteiger partial charge in [-0.05, 0) is 49.4 Å². The van der Waals surface area contributed by atoms with E-state index >= 15 is 0 Å². The molecule has 0 fully saturated rings. The molecular formula is C26H20N4O2. The number of phenols is 1. The minimum absolute atomic E-state index is 0.176. The maximum absolute atomic E-state index is 13.1. The number of carbonyl (C=O) groups is 1. The molecule has 5 aromatic rings. The van der Waals surface area contributed by atoms with Crippen LogP contribution < -0.4 is 5.43 Å². The summed E-state index contributed by atoms with van der Waals surface area (Å²) in [5.41, 5.74) is 7.99. The highest BCUT2D eigenvalue weighted by molar-refractivity contribution is 6.11. The zero-order valence-electron chi connectivity index (χ0n) is 17.3. The van der Waals surface area contributed by atoms with E-state index in [0.717, 1.165) is 27.4 Å². The van der Waals surface area contributed by atoms with E-state index in [1.807, 2.05) is 61.7 Å². The van der Waals surface area contributed by atoms with Gasteiger partial charge in [-0.15, -0.1) is 0 Å². The van der Waals surface area contributed by atoms with Crippen LogP contribution in [0.25, 0.3) is 33.1 Å². The fraction of sp³-hybridized carbons (Fsp3) is 0.0385. The van der Waals surface area contributed by atoms with Gasteiger partial charge in [0.05, 0.1) is 22.5 Å². The van der Waals surface area contributed by atoms with Gasteiger partial charge in [0.25, 0.3) is 5.91 Å². The molecule has 0 bridgehead atoms. The van der Waals surface area contributed by atoms with Gasteiger partial charge in [0.1, 0.15) is 5.75 Å². The van der Waals surface area contributed by atoms with Gasteiger partial charge in [-0.3, -0.25) is 4.79 Å². The number of nitrogens with zero attached hydrogens (tertiary/aromatic N) is 2. The number of hydrazone groups is 1. The molecule has 1 amide bonds. The maximum Gasteiger partial charge on any atom is 0.272 e. The maximum atomic E-state index is 13.1. The lowest BCUT2D eigenvalue weighted by atomic mass is 10.0. The van der Waals surface area contributed by atoms with Gasteiger partial charge in [-0.1, -0.05) is 36.4 Å². The number of hydrogen-bond acceptors (Lipinski definition) is 4. The molecule has 0 atom stereocenters. The Morgan fingerprint density at radius 3 is 2.47 bits per heavy atom. The second kappa shape index (κ2) is 8.00. The van der Waals surface area contributed by atoms with Gasteiger partial charge in [-0.2, -0.15) is 5.10 Å². The number of amides is 1. The first-order valence-corrected chi connectivity index (χ1v) is 10.2. The zero-order chi connectivity index (χ0) is 22.1. The van der Waals surface area contributed by atoms with E-state index in [1.165, 1.54) is 0 Å². The molecule has 6 nitrogen and oxygen atoms in total. The SMILES string of the molecule is C/C(=N/NC(=O)c1cc(-c2ccc(O)cc2)nc2ccccc12)c1c[nH]c2ccccc12. The largest absolute Gasteiger partial charge is 0.508 e. The van der Waals surface area contributed by atoms with E-state index in [-0.39, 0.29) is 11.7 Å². The van der Waals surface area contributed by atoms with Gasteiger partial charge in [0.15, 0.2) is 0 Å². The Labute approximate surface area is 184 Å². The molecule has 32 heavy (non-hydrogen) atoms. The third kappa shape index (κ3) is 3.58. The van der Waals surface area contributed by atoms with E-state index < -0.39 is 0 Å². The van der Waals surface area contributed by atoms with Crippen molar-refractivity contribution in [2.45, 2.75) is 6.92 Å². The van der Waals surface area contributed by atoms with Gasteiger partial charge >= 0.3 is 0 Å². The number of nitrogens with one attached hydrogen (secondary N) is 2. The number of fused-ring (bicyclic) bond motifs is 2. The summed E-state index contributed by atoms with van der Waals surface area (Å²) in [7, 11) is 0. The summed E-state index contributed by atoms with van der Waals surface area (Å²) in [5, 5.41) is 15.7. The number of hydrogen-bond donors (Lipinski definition) is 3. The summed E-state index contributed by atoms with van der Waals surface area (Å²) in [4.78, 5) is 21.0. The molecule has 0 saturated heterocycles. The van der Waals surface area contributed by atoms with Crippen molar-refractivity contribution in [1.29, 1.82) is 0 Å².